The third-order valence-corrected chi connectivity index (χ3v) is 3.64. The van der Waals surface area contributed by atoms with Gasteiger partial charge < -0.3 is 20.5 Å². The van der Waals surface area contributed by atoms with Gasteiger partial charge in [-0.1, -0.05) is 18.2 Å². The van der Waals surface area contributed by atoms with E-state index >= 15 is 0 Å². The van der Waals surface area contributed by atoms with Crippen LogP contribution in [0.3, 0.4) is 0 Å². The average Bonchev–Trinajstić information content (AvgIpc) is 2.61. The summed E-state index contributed by atoms with van der Waals surface area (Å²) in [6.45, 7) is 4.13. The molecular weight excluding hydrogens is 404 g/mol. The van der Waals surface area contributed by atoms with Crippen LogP contribution in [0.15, 0.2) is 48.6 Å². The first kappa shape index (κ1) is 21.5. The summed E-state index contributed by atoms with van der Waals surface area (Å²) in [7, 11) is 0. The number of anilines is 1. The van der Waals surface area contributed by atoms with Crippen molar-refractivity contribution in [3.63, 3.8) is 0 Å². The Morgan fingerprint density at radius 3 is 2.50 bits per heavy atom. The molecule has 2 rings (SSSR count). The molecule has 2 aromatic rings. The molecule has 0 fully saturated rings. The third-order valence-electron chi connectivity index (χ3n) is 3.33. The van der Waals surface area contributed by atoms with Gasteiger partial charge >= 0.3 is 6.36 Å². The van der Waals surface area contributed by atoms with E-state index in [0.29, 0.717) is 17.4 Å². The number of carbonyl (C=O) groups is 1. The van der Waals surface area contributed by atoms with Crippen LogP contribution in [-0.4, -0.2) is 25.4 Å². The number of benzene rings is 2. The molecule has 1 amide bonds. The normalized spacial score (nSPS) is 11.1. The number of halogens is 5. The molecular formula is C18H15ClF4N2O3. The minimum atomic E-state index is -5.03. The van der Waals surface area contributed by atoms with E-state index in [4.69, 9.17) is 22.1 Å². The molecule has 0 aromatic heterocycles. The van der Waals surface area contributed by atoms with Gasteiger partial charge in [0.1, 0.15) is 12.4 Å². The zero-order valence-corrected chi connectivity index (χ0v) is 15.0. The number of hydrogen-bond donors (Lipinski definition) is 2. The van der Waals surface area contributed by atoms with Gasteiger partial charge in [-0.3, -0.25) is 4.79 Å². The number of alkyl halides is 3. The predicted octanol–water partition coefficient (Wildman–Crippen LogP) is 4.52. The van der Waals surface area contributed by atoms with E-state index in [9.17, 15) is 22.4 Å². The van der Waals surface area contributed by atoms with Gasteiger partial charge in [0, 0.05) is 18.3 Å². The minimum Gasteiger partial charge on any atom is -0.489 e. The Morgan fingerprint density at radius 1 is 1.21 bits per heavy atom. The van der Waals surface area contributed by atoms with Gasteiger partial charge in [-0.25, -0.2) is 4.39 Å². The molecule has 0 aliphatic carbocycles. The first-order valence-corrected chi connectivity index (χ1v) is 8.12. The van der Waals surface area contributed by atoms with Crippen LogP contribution >= 0.6 is 11.6 Å². The Hall–Kier alpha value is -2.78. The Labute approximate surface area is 162 Å². The van der Waals surface area contributed by atoms with Gasteiger partial charge in [0.25, 0.3) is 5.91 Å². The van der Waals surface area contributed by atoms with Crippen molar-refractivity contribution < 1.29 is 31.8 Å². The highest BCUT2D eigenvalue weighted by atomic mass is 35.5. The molecule has 5 nitrogen and oxygen atoms in total. The Kier molecular flexibility index (Phi) is 6.87. The van der Waals surface area contributed by atoms with Crippen molar-refractivity contribution in [1.29, 1.82) is 0 Å². The van der Waals surface area contributed by atoms with Crippen LogP contribution in [0.5, 0.6) is 11.5 Å². The average molecular weight is 419 g/mol. The number of nitrogens with one attached hydrogen (secondary N) is 1. The van der Waals surface area contributed by atoms with E-state index in [1.165, 1.54) is 18.2 Å². The van der Waals surface area contributed by atoms with Gasteiger partial charge in [0.15, 0.2) is 11.6 Å². The molecule has 0 unspecified atom stereocenters. The lowest BCUT2D eigenvalue weighted by Crippen LogP contribution is -2.18. The smallest absolute Gasteiger partial charge is 0.489 e. The maximum absolute atomic E-state index is 13.7. The van der Waals surface area contributed by atoms with E-state index in [0.717, 1.165) is 12.1 Å². The fourth-order valence-electron chi connectivity index (χ4n) is 2.00. The Balaban J connectivity index is 2.08. The van der Waals surface area contributed by atoms with E-state index in [2.05, 4.69) is 16.6 Å². The van der Waals surface area contributed by atoms with Crippen LogP contribution < -0.4 is 20.5 Å². The lowest BCUT2D eigenvalue weighted by molar-refractivity contribution is -0.275. The summed E-state index contributed by atoms with van der Waals surface area (Å²) in [5.74, 6) is -2.60. The van der Waals surface area contributed by atoms with Crippen LogP contribution in [0.2, 0.25) is 5.02 Å². The van der Waals surface area contributed by atoms with E-state index in [1.54, 1.807) is 0 Å². The second-order valence-corrected chi connectivity index (χ2v) is 5.94. The number of nitrogens with two attached hydrogens (primary N) is 1. The quantitative estimate of drug-likeness (QED) is 0.512. The SMILES string of the molecule is C=C(CN)COc1ccc(C(=O)Nc2ccc(OC(F)(F)F)c(F)c2)c(Cl)c1. The molecule has 0 heterocycles. The van der Waals surface area contributed by atoms with Crippen molar-refractivity contribution in [1.82, 2.24) is 0 Å². The van der Waals surface area contributed by atoms with E-state index in [-0.39, 0.29) is 29.4 Å². The maximum Gasteiger partial charge on any atom is 0.573 e. The first-order valence-electron chi connectivity index (χ1n) is 7.75. The highest BCUT2D eigenvalue weighted by molar-refractivity contribution is 6.34. The molecule has 10 heteroatoms. The van der Waals surface area contributed by atoms with Crippen molar-refractivity contribution >= 4 is 23.2 Å². The summed E-state index contributed by atoms with van der Waals surface area (Å²) >= 11 is 6.06. The second kappa shape index (κ2) is 8.94. The van der Waals surface area contributed by atoms with Gasteiger partial charge in [-0.05, 0) is 35.9 Å². The van der Waals surface area contributed by atoms with Crippen LogP contribution in [-0.2, 0) is 0 Å². The third kappa shape index (κ3) is 6.14. The lowest BCUT2D eigenvalue weighted by Gasteiger charge is -2.12. The molecule has 28 heavy (non-hydrogen) atoms. The topological polar surface area (TPSA) is 73.6 Å². The van der Waals surface area contributed by atoms with E-state index < -0.39 is 23.8 Å². The maximum atomic E-state index is 13.7. The summed E-state index contributed by atoms with van der Waals surface area (Å²) in [6.07, 6.45) is -5.03. The van der Waals surface area contributed by atoms with Crippen LogP contribution in [0.1, 0.15) is 10.4 Å². The summed E-state index contributed by atoms with van der Waals surface area (Å²) in [6, 6.07) is 6.79. The molecule has 0 aliphatic rings. The molecule has 0 saturated carbocycles. The molecule has 0 radical (unpaired) electrons. The number of ether oxygens (including phenoxy) is 2. The fourth-order valence-corrected chi connectivity index (χ4v) is 2.25. The van der Waals surface area contributed by atoms with Crippen LogP contribution in [0.4, 0.5) is 23.2 Å². The van der Waals surface area contributed by atoms with Gasteiger partial charge in [0.2, 0.25) is 0 Å². The second-order valence-electron chi connectivity index (χ2n) is 5.53. The Bertz CT molecular complexity index is 888. The molecule has 2 aromatic carbocycles. The van der Waals surface area contributed by atoms with Crippen LogP contribution in [0.25, 0.3) is 0 Å². The van der Waals surface area contributed by atoms with Crippen molar-refractivity contribution in [3.05, 3.63) is 65.0 Å². The van der Waals surface area contributed by atoms with Crippen molar-refractivity contribution in [2.24, 2.45) is 5.73 Å². The zero-order valence-electron chi connectivity index (χ0n) is 14.3. The van der Waals surface area contributed by atoms with Crippen LogP contribution in [0, 0.1) is 5.82 Å². The lowest BCUT2D eigenvalue weighted by atomic mass is 10.2. The molecule has 0 aliphatic heterocycles. The number of hydrogen-bond acceptors (Lipinski definition) is 4. The van der Waals surface area contributed by atoms with Crippen molar-refractivity contribution in [2.75, 3.05) is 18.5 Å². The molecule has 0 spiro atoms. The first-order chi connectivity index (χ1) is 13.1. The molecule has 0 bridgehead atoms. The predicted molar refractivity (Wildman–Crippen MR) is 96.2 cm³/mol. The fraction of sp³-hybridized carbons (Fsp3) is 0.167. The summed E-state index contributed by atoms with van der Waals surface area (Å²) in [5.41, 5.74) is 6.05. The summed E-state index contributed by atoms with van der Waals surface area (Å²) < 4.78 is 59.1. The van der Waals surface area contributed by atoms with E-state index in [1.807, 2.05) is 0 Å². The molecule has 150 valence electrons. The minimum absolute atomic E-state index is 0.0581. The molecule has 3 N–H and O–H groups in total. The number of amides is 1. The highest BCUT2D eigenvalue weighted by Crippen LogP contribution is 2.28. The Morgan fingerprint density at radius 2 is 1.93 bits per heavy atom. The van der Waals surface area contributed by atoms with Gasteiger partial charge in [-0.2, -0.15) is 0 Å². The molecule has 0 saturated heterocycles. The molecule has 0 atom stereocenters. The zero-order chi connectivity index (χ0) is 20.9. The van der Waals surface area contributed by atoms with Gasteiger partial charge in [0.05, 0.1) is 10.6 Å². The van der Waals surface area contributed by atoms with Crippen molar-refractivity contribution in [2.45, 2.75) is 6.36 Å². The van der Waals surface area contributed by atoms with Gasteiger partial charge in [-0.15, -0.1) is 13.2 Å². The number of rotatable bonds is 7. The summed E-state index contributed by atoms with van der Waals surface area (Å²) in [5, 5.41) is 2.40. The monoisotopic (exact) mass is 418 g/mol. The number of carbonyl (C=O) groups excluding carboxylic acids is 1. The van der Waals surface area contributed by atoms with Crippen molar-refractivity contribution in [3.8, 4) is 11.5 Å². The largest absolute Gasteiger partial charge is 0.573 e. The standard InChI is InChI=1S/C18H15ClF4N2O3/c1-10(8-24)9-27-12-3-4-13(14(19)7-12)17(26)25-11-2-5-16(15(20)6-11)28-18(21,22)23/h2-7H,1,8-9,24H2,(H,25,26). The highest BCUT2D eigenvalue weighted by Gasteiger charge is 2.32. The summed E-state index contributed by atoms with van der Waals surface area (Å²) in [4.78, 5) is 12.3.